The van der Waals surface area contributed by atoms with Crippen molar-refractivity contribution in [1.29, 1.82) is 0 Å². The molecule has 0 atom stereocenters. The molecule has 4 fully saturated rings. The first-order valence-corrected chi connectivity index (χ1v) is 10.4. The van der Waals surface area contributed by atoms with E-state index in [-0.39, 0.29) is 30.2 Å². The van der Waals surface area contributed by atoms with Crippen LogP contribution in [0.2, 0.25) is 0 Å². The summed E-state index contributed by atoms with van der Waals surface area (Å²) in [7, 11) is 0. The van der Waals surface area contributed by atoms with E-state index < -0.39 is 29.0 Å². The highest BCUT2D eigenvalue weighted by molar-refractivity contribution is 5.96. The van der Waals surface area contributed by atoms with Crippen LogP contribution < -0.4 is 21.7 Å². The molecule has 4 amide bonds. The molecule has 30 heavy (non-hydrogen) atoms. The third-order valence-electron chi connectivity index (χ3n) is 6.65. The van der Waals surface area contributed by atoms with Gasteiger partial charge >= 0.3 is 6.03 Å². The number of nitrogens with one attached hydrogen (secondary N) is 3. The fourth-order valence-corrected chi connectivity index (χ4v) is 5.88. The van der Waals surface area contributed by atoms with E-state index in [0.717, 1.165) is 25.3 Å². The molecule has 4 aliphatic rings. The number of rotatable bonds is 6. The normalized spacial score (nSPS) is 28.8. The van der Waals surface area contributed by atoms with Gasteiger partial charge in [-0.3, -0.25) is 9.59 Å². The second kappa shape index (κ2) is 7.85. The Balaban J connectivity index is 1.26. The van der Waals surface area contributed by atoms with Gasteiger partial charge < -0.3 is 21.7 Å². The van der Waals surface area contributed by atoms with Crippen molar-refractivity contribution in [2.24, 2.45) is 23.5 Å². The third kappa shape index (κ3) is 4.24. The second-order valence-electron chi connectivity index (χ2n) is 9.05. The first-order valence-electron chi connectivity index (χ1n) is 10.4. The van der Waals surface area contributed by atoms with Crippen molar-refractivity contribution in [3.63, 3.8) is 0 Å². The first-order chi connectivity index (χ1) is 14.2. The molecule has 5 N–H and O–H groups in total. The highest BCUT2D eigenvalue weighted by Crippen LogP contribution is 2.55. The Kier molecular flexibility index (Phi) is 5.38. The minimum absolute atomic E-state index is 0.0650. The lowest BCUT2D eigenvalue weighted by Crippen LogP contribution is -2.61. The Morgan fingerprint density at radius 1 is 1.00 bits per heavy atom. The molecule has 0 spiro atoms. The summed E-state index contributed by atoms with van der Waals surface area (Å²) in [6.45, 7) is 0.0650. The Labute approximate surface area is 173 Å². The number of carbonyl (C=O) groups is 3. The van der Waals surface area contributed by atoms with E-state index >= 15 is 0 Å². The molecule has 4 saturated carbocycles. The van der Waals surface area contributed by atoms with Crippen LogP contribution in [-0.4, -0.2) is 29.9 Å². The molecule has 0 heterocycles. The number of benzene rings is 1. The summed E-state index contributed by atoms with van der Waals surface area (Å²) in [6, 6.07) is 1.05. The van der Waals surface area contributed by atoms with Gasteiger partial charge in [0.2, 0.25) is 5.91 Å². The zero-order valence-electron chi connectivity index (χ0n) is 16.6. The highest BCUT2D eigenvalue weighted by atomic mass is 19.1. The maximum atomic E-state index is 13.8. The van der Waals surface area contributed by atoms with Gasteiger partial charge in [0.25, 0.3) is 5.91 Å². The Morgan fingerprint density at radius 2 is 1.60 bits per heavy atom. The maximum absolute atomic E-state index is 13.8. The molecule has 9 heteroatoms. The molecule has 1 aromatic rings. The van der Waals surface area contributed by atoms with Crippen LogP contribution in [0.25, 0.3) is 0 Å². The molecule has 162 valence electrons. The topological polar surface area (TPSA) is 113 Å². The van der Waals surface area contributed by atoms with Crippen LogP contribution in [0, 0.1) is 29.4 Å². The first kappa shape index (κ1) is 20.6. The van der Waals surface area contributed by atoms with Crippen molar-refractivity contribution < 1.29 is 23.2 Å². The van der Waals surface area contributed by atoms with Gasteiger partial charge in [0.05, 0.1) is 11.3 Å². The largest absolute Gasteiger partial charge is 0.366 e. The Bertz CT molecular complexity index is 854. The SMILES string of the molecule is NC(=O)c1cc(NC(=O)CCNC(=O)NC23CC4CC(CC(C4)C2)C3)c(F)cc1F. The number of urea groups is 1. The van der Waals surface area contributed by atoms with E-state index in [9.17, 15) is 23.2 Å². The monoisotopic (exact) mass is 420 g/mol. The number of amides is 4. The molecular weight excluding hydrogens is 394 g/mol. The van der Waals surface area contributed by atoms with Crippen molar-refractivity contribution in [2.45, 2.75) is 50.5 Å². The summed E-state index contributed by atoms with van der Waals surface area (Å²) in [6.07, 6.45) is 6.81. The lowest BCUT2D eigenvalue weighted by Gasteiger charge is -2.56. The minimum atomic E-state index is -1.10. The van der Waals surface area contributed by atoms with Crippen molar-refractivity contribution in [2.75, 3.05) is 11.9 Å². The zero-order chi connectivity index (χ0) is 21.5. The fourth-order valence-electron chi connectivity index (χ4n) is 5.88. The number of carbonyl (C=O) groups excluding carboxylic acids is 3. The molecule has 5 rings (SSSR count). The molecule has 4 aliphatic carbocycles. The molecular formula is C21H26F2N4O3. The van der Waals surface area contributed by atoms with E-state index in [4.69, 9.17) is 5.73 Å². The number of hydrogen-bond acceptors (Lipinski definition) is 3. The van der Waals surface area contributed by atoms with E-state index in [1.165, 1.54) is 19.3 Å². The number of hydrogen-bond donors (Lipinski definition) is 4. The summed E-state index contributed by atoms with van der Waals surface area (Å²) in [5, 5.41) is 8.11. The van der Waals surface area contributed by atoms with Crippen LogP contribution in [0.3, 0.4) is 0 Å². The second-order valence-corrected chi connectivity index (χ2v) is 9.05. The standard InChI is InChI=1S/C21H26F2N4O3/c22-15-7-16(23)17(6-14(15)19(24)29)26-18(28)1-2-25-20(30)27-21-8-11-3-12(9-21)5-13(4-11)10-21/h6-7,11-13H,1-5,8-10H2,(H2,24,29)(H,26,28)(H2,25,27,30). The lowest BCUT2D eigenvalue weighted by atomic mass is 9.53. The van der Waals surface area contributed by atoms with Crippen LogP contribution in [0.4, 0.5) is 19.3 Å². The molecule has 0 saturated heterocycles. The summed E-state index contributed by atoms with van der Waals surface area (Å²) in [5.74, 6) is -1.63. The smallest absolute Gasteiger partial charge is 0.315 e. The quantitative estimate of drug-likeness (QED) is 0.567. The fraction of sp³-hybridized carbons (Fsp3) is 0.571. The molecule has 0 aromatic heterocycles. The summed E-state index contributed by atoms with van der Waals surface area (Å²) >= 11 is 0. The lowest BCUT2D eigenvalue weighted by molar-refractivity contribution is -0.116. The van der Waals surface area contributed by atoms with Crippen LogP contribution in [0.1, 0.15) is 55.3 Å². The average Bonchev–Trinajstić information content (AvgIpc) is 2.62. The van der Waals surface area contributed by atoms with Crippen LogP contribution in [0.15, 0.2) is 12.1 Å². The van der Waals surface area contributed by atoms with Crippen molar-refractivity contribution in [1.82, 2.24) is 10.6 Å². The molecule has 1 aromatic carbocycles. The number of anilines is 1. The summed E-state index contributed by atoms with van der Waals surface area (Å²) < 4.78 is 27.3. The summed E-state index contributed by atoms with van der Waals surface area (Å²) in [4.78, 5) is 35.6. The van der Waals surface area contributed by atoms with Gasteiger partial charge in [-0.05, 0) is 62.3 Å². The zero-order valence-corrected chi connectivity index (χ0v) is 16.6. The Morgan fingerprint density at radius 3 is 2.17 bits per heavy atom. The number of nitrogens with two attached hydrogens (primary N) is 1. The van der Waals surface area contributed by atoms with E-state index in [0.29, 0.717) is 23.8 Å². The molecule has 0 unspecified atom stereocenters. The van der Waals surface area contributed by atoms with Gasteiger partial charge in [-0.25, -0.2) is 13.6 Å². The van der Waals surface area contributed by atoms with Gasteiger partial charge in [0, 0.05) is 24.6 Å². The van der Waals surface area contributed by atoms with Crippen LogP contribution >= 0.6 is 0 Å². The van der Waals surface area contributed by atoms with Gasteiger partial charge in [0.15, 0.2) is 0 Å². The predicted octanol–water partition coefficient (Wildman–Crippen LogP) is 2.66. The number of halogens is 2. The molecule has 7 nitrogen and oxygen atoms in total. The van der Waals surface area contributed by atoms with Gasteiger partial charge in [0.1, 0.15) is 11.6 Å². The van der Waals surface area contributed by atoms with Crippen molar-refractivity contribution in [3.8, 4) is 0 Å². The van der Waals surface area contributed by atoms with Crippen molar-refractivity contribution >= 4 is 23.5 Å². The number of primary amides is 1. The summed E-state index contributed by atoms with van der Waals surface area (Å²) in [5.41, 5.74) is 4.06. The van der Waals surface area contributed by atoms with Crippen molar-refractivity contribution in [3.05, 3.63) is 29.3 Å². The molecule has 0 aliphatic heterocycles. The minimum Gasteiger partial charge on any atom is -0.366 e. The highest BCUT2D eigenvalue weighted by Gasteiger charge is 2.51. The molecule has 4 bridgehead atoms. The van der Waals surface area contributed by atoms with Crippen LogP contribution in [-0.2, 0) is 4.79 Å². The molecule has 0 radical (unpaired) electrons. The van der Waals surface area contributed by atoms with Gasteiger partial charge in [-0.15, -0.1) is 0 Å². The third-order valence-corrected chi connectivity index (χ3v) is 6.65. The van der Waals surface area contributed by atoms with E-state index in [2.05, 4.69) is 16.0 Å². The maximum Gasteiger partial charge on any atom is 0.315 e. The van der Waals surface area contributed by atoms with Gasteiger partial charge in [-0.2, -0.15) is 0 Å². The Hall–Kier alpha value is -2.71. The van der Waals surface area contributed by atoms with Gasteiger partial charge in [-0.1, -0.05) is 0 Å². The van der Waals surface area contributed by atoms with E-state index in [1.807, 2.05) is 0 Å². The van der Waals surface area contributed by atoms with Crippen LogP contribution in [0.5, 0.6) is 0 Å². The predicted molar refractivity (Wildman–Crippen MR) is 106 cm³/mol. The van der Waals surface area contributed by atoms with E-state index in [1.54, 1.807) is 0 Å². The average molecular weight is 420 g/mol.